The molecule has 1 aliphatic heterocycles. The number of amides is 2. The molecule has 2 aromatic carbocycles. The fourth-order valence-corrected chi connectivity index (χ4v) is 3.53. The predicted molar refractivity (Wildman–Crippen MR) is 125 cm³/mol. The number of hydrogen-bond acceptors (Lipinski definition) is 5. The Balaban J connectivity index is 1.49. The van der Waals surface area contributed by atoms with E-state index in [0.717, 1.165) is 10.0 Å². The Morgan fingerprint density at radius 2 is 1.58 bits per heavy atom. The van der Waals surface area contributed by atoms with Crippen LogP contribution in [0.25, 0.3) is 11.4 Å². The molecule has 0 radical (unpaired) electrons. The normalized spacial score (nSPS) is 13.7. The topological polar surface area (TPSA) is 88.5 Å². The van der Waals surface area contributed by atoms with Crippen molar-refractivity contribution in [2.75, 3.05) is 41.8 Å². The van der Waals surface area contributed by atoms with Gasteiger partial charge in [-0.1, -0.05) is 15.9 Å². The van der Waals surface area contributed by atoms with E-state index in [0.29, 0.717) is 49.3 Å². The van der Waals surface area contributed by atoms with E-state index in [9.17, 15) is 9.59 Å². The molecule has 2 amide bonds. The Morgan fingerprint density at radius 1 is 1.00 bits per heavy atom. The molecule has 1 aliphatic rings. The maximum absolute atomic E-state index is 12.5. The number of carbonyl (C=O) groups is 1. The van der Waals surface area contributed by atoms with E-state index in [4.69, 9.17) is 9.72 Å². The minimum Gasteiger partial charge on any atom is -0.378 e. The number of ether oxygens (including phenoxy) is 1. The number of anilines is 3. The van der Waals surface area contributed by atoms with E-state index in [1.807, 2.05) is 24.3 Å². The molecule has 4 rings (SSSR count). The molecule has 0 atom stereocenters. The third-order valence-electron chi connectivity index (χ3n) is 4.96. The van der Waals surface area contributed by atoms with Crippen molar-refractivity contribution in [3.63, 3.8) is 0 Å². The zero-order valence-electron chi connectivity index (χ0n) is 17.0. The lowest BCUT2D eigenvalue weighted by Gasteiger charge is -2.28. The first-order chi connectivity index (χ1) is 15.0. The minimum atomic E-state index is -0.338. The number of hydrogen-bond donors (Lipinski definition) is 2. The summed E-state index contributed by atoms with van der Waals surface area (Å²) in [6.45, 7) is 2.65. The maximum atomic E-state index is 12.5. The van der Waals surface area contributed by atoms with Crippen LogP contribution in [0.15, 0.2) is 63.9 Å². The molecule has 0 aliphatic carbocycles. The molecule has 31 heavy (non-hydrogen) atoms. The van der Waals surface area contributed by atoms with Crippen LogP contribution in [0, 0.1) is 0 Å². The van der Waals surface area contributed by atoms with Gasteiger partial charge in [-0.05, 0) is 48.5 Å². The predicted octanol–water partition coefficient (Wildman–Crippen LogP) is 3.69. The summed E-state index contributed by atoms with van der Waals surface area (Å²) in [5.74, 6) is 1.22. The Morgan fingerprint density at radius 3 is 2.19 bits per heavy atom. The number of morpholine rings is 1. The molecule has 2 heterocycles. The van der Waals surface area contributed by atoms with Crippen molar-refractivity contribution in [3.8, 4) is 11.4 Å². The molecule has 1 fully saturated rings. The van der Waals surface area contributed by atoms with Gasteiger partial charge >= 0.3 is 6.03 Å². The number of rotatable bonds is 4. The van der Waals surface area contributed by atoms with Crippen molar-refractivity contribution < 1.29 is 9.53 Å². The lowest BCUT2D eigenvalue weighted by molar-refractivity contribution is 0.122. The first kappa shape index (κ1) is 21.1. The molecule has 1 aromatic heterocycles. The number of nitrogens with zero attached hydrogens (tertiary/aromatic N) is 3. The first-order valence-electron chi connectivity index (χ1n) is 9.84. The number of benzene rings is 2. The fraction of sp³-hybridized carbons (Fsp3) is 0.227. The molecule has 9 heteroatoms. The zero-order valence-corrected chi connectivity index (χ0v) is 18.6. The number of aromatic nitrogens is 2. The Bertz CT molecular complexity index is 1120. The van der Waals surface area contributed by atoms with Gasteiger partial charge in [-0.25, -0.2) is 9.78 Å². The van der Waals surface area contributed by atoms with Crippen LogP contribution >= 0.6 is 15.9 Å². The lowest BCUT2D eigenvalue weighted by Crippen LogP contribution is -2.38. The number of carbonyl (C=O) groups excluding carboxylic acids is 1. The van der Waals surface area contributed by atoms with Crippen molar-refractivity contribution in [3.05, 3.63) is 69.4 Å². The highest BCUT2D eigenvalue weighted by Gasteiger charge is 2.16. The molecule has 0 unspecified atom stereocenters. The maximum Gasteiger partial charge on any atom is 0.323 e. The number of halogens is 1. The first-order valence-corrected chi connectivity index (χ1v) is 10.6. The molecule has 0 saturated carbocycles. The second-order valence-corrected chi connectivity index (χ2v) is 8.01. The van der Waals surface area contributed by atoms with Crippen molar-refractivity contribution in [1.82, 2.24) is 9.55 Å². The summed E-state index contributed by atoms with van der Waals surface area (Å²) in [6.07, 6.45) is 0. The van der Waals surface area contributed by atoms with Gasteiger partial charge in [0.05, 0.1) is 13.2 Å². The highest BCUT2D eigenvalue weighted by molar-refractivity contribution is 9.10. The van der Waals surface area contributed by atoms with Gasteiger partial charge < -0.3 is 20.3 Å². The summed E-state index contributed by atoms with van der Waals surface area (Å²) in [5.41, 5.74) is 1.99. The van der Waals surface area contributed by atoms with Gasteiger partial charge in [0.2, 0.25) is 0 Å². The Labute approximate surface area is 188 Å². The van der Waals surface area contributed by atoms with Gasteiger partial charge in [-0.2, -0.15) is 0 Å². The van der Waals surface area contributed by atoms with Crippen LogP contribution in [-0.2, 0) is 11.8 Å². The molecule has 160 valence electrons. The molecule has 8 nitrogen and oxygen atoms in total. The highest BCUT2D eigenvalue weighted by atomic mass is 79.9. The van der Waals surface area contributed by atoms with Crippen LogP contribution in [0.2, 0.25) is 0 Å². The summed E-state index contributed by atoms with van der Waals surface area (Å²) in [7, 11) is 1.70. The minimum absolute atomic E-state index is 0.123. The Kier molecular flexibility index (Phi) is 6.34. The van der Waals surface area contributed by atoms with Gasteiger partial charge in [0.25, 0.3) is 5.56 Å². The van der Waals surface area contributed by atoms with E-state index in [1.165, 1.54) is 4.57 Å². The molecular formula is C22H22BrN5O3. The van der Waals surface area contributed by atoms with Crippen LogP contribution in [0.4, 0.5) is 22.0 Å². The van der Waals surface area contributed by atoms with Crippen LogP contribution in [0.5, 0.6) is 0 Å². The van der Waals surface area contributed by atoms with E-state index >= 15 is 0 Å². The lowest BCUT2D eigenvalue weighted by atomic mass is 10.2. The van der Waals surface area contributed by atoms with Crippen LogP contribution in [0.3, 0.4) is 0 Å². The molecule has 1 saturated heterocycles. The third-order valence-corrected chi connectivity index (χ3v) is 5.49. The van der Waals surface area contributed by atoms with E-state index in [1.54, 1.807) is 37.4 Å². The third kappa shape index (κ3) is 5.12. The summed E-state index contributed by atoms with van der Waals surface area (Å²) in [4.78, 5) is 31.5. The standard InChI is InChI=1S/C22H22BrN5O3/c1-27-20(29)14-19(28-10-12-31-13-11-28)26-21(27)15-2-6-17(7-3-15)24-22(30)25-18-8-4-16(23)5-9-18/h2-9,14H,10-13H2,1H3,(H2,24,25,30). The second kappa shape index (κ2) is 9.32. The molecule has 0 bridgehead atoms. The van der Waals surface area contributed by atoms with Gasteiger partial charge in [0.1, 0.15) is 11.6 Å². The monoisotopic (exact) mass is 483 g/mol. The summed E-state index contributed by atoms with van der Waals surface area (Å²) < 4.78 is 7.84. The van der Waals surface area contributed by atoms with E-state index < -0.39 is 0 Å². The SMILES string of the molecule is Cn1c(-c2ccc(NC(=O)Nc3ccc(Br)cc3)cc2)nc(N2CCOCC2)cc1=O. The zero-order chi connectivity index (χ0) is 21.8. The van der Waals surface area contributed by atoms with Gasteiger partial charge in [-0.3, -0.25) is 9.36 Å². The molecule has 3 aromatic rings. The number of urea groups is 1. The quantitative estimate of drug-likeness (QED) is 0.590. The van der Waals surface area contributed by atoms with Gasteiger partial charge in [0, 0.05) is 47.6 Å². The van der Waals surface area contributed by atoms with Crippen LogP contribution < -0.4 is 21.1 Å². The van der Waals surface area contributed by atoms with E-state index in [-0.39, 0.29) is 11.6 Å². The summed E-state index contributed by atoms with van der Waals surface area (Å²) in [6, 6.07) is 15.8. The Hall–Kier alpha value is -3.17. The summed E-state index contributed by atoms with van der Waals surface area (Å²) >= 11 is 3.36. The average molecular weight is 484 g/mol. The van der Waals surface area contributed by atoms with Gasteiger partial charge in [-0.15, -0.1) is 0 Å². The van der Waals surface area contributed by atoms with Crippen molar-refractivity contribution >= 4 is 39.2 Å². The van der Waals surface area contributed by atoms with Crippen molar-refractivity contribution in [2.45, 2.75) is 0 Å². The average Bonchev–Trinajstić information content (AvgIpc) is 2.78. The second-order valence-electron chi connectivity index (χ2n) is 7.10. The van der Waals surface area contributed by atoms with Crippen LogP contribution in [-0.4, -0.2) is 41.9 Å². The molecule has 0 spiro atoms. The van der Waals surface area contributed by atoms with Gasteiger partial charge in [0.15, 0.2) is 0 Å². The molecular weight excluding hydrogens is 462 g/mol. The number of nitrogens with one attached hydrogen (secondary N) is 2. The highest BCUT2D eigenvalue weighted by Crippen LogP contribution is 2.22. The summed E-state index contributed by atoms with van der Waals surface area (Å²) in [5, 5.41) is 5.58. The van der Waals surface area contributed by atoms with E-state index in [2.05, 4.69) is 31.5 Å². The van der Waals surface area contributed by atoms with Crippen LogP contribution in [0.1, 0.15) is 0 Å². The largest absolute Gasteiger partial charge is 0.378 e. The smallest absolute Gasteiger partial charge is 0.323 e. The van der Waals surface area contributed by atoms with Crippen molar-refractivity contribution in [1.29, 1.82) is 0 Å². The fourth-order valence-electron chi connectivity index (χ4n) is 3.27. The van der Waals surface area contributed by atoms with Crippen molar-refractivity contribution in [2.24, 2.45) is 7.05 Å². The molecule has 2 N–H and O–H groups in total.